The average Bonchev–Trinajstić information content (AvgIpc) is 2.62. The zero-order chi connectivity index (χ0) is 16.9. The summed E-state index contributed by atoms with van der Waals surface area (Å²) >= 11 is 0. The molecule has 0 radical (unpaired) electrons. The third-order valence-corrected chi connectivity index (χ3v) is 4.16. The molecule has 1 aliphatic heterocycles. The van der Waals surface area contributed by atoms with Gasteiger partial charge in [0.2, 0.25) is 5.91 Å². The fraction of sp³-hybridized carbons (Fsp3) is 0.316. The summed E-state index contributed by atoms with van der Waals surface area (Å²) in [4.78, 5) is 31.1. The first kappa shape index (κ1) is 16.2. The molecule has 2 heterocycles. The Balaban J connectivity index is 1.82. The maximum Gasteiger partial charge on any atom is 0.250 e. The van der Waals surface area contributed by atoms with Crippen LogP contribution in [0.2, 0.25) is 0 Å². The summed E-state index contributed by atoms with van der Waals surface area (Å²) in [5.74, 6) is -0.178. The first-order valence-corrected chi connectivity index (χ1v) is 8.32. The molecule has 0 saturated heterocycles. The van der Waals surface area contributed by atoms with Crippen molar-refractivity contribution in [2.75, 3.05) is 16.8 Å². The number of benzene rings is 1. The van der Waals surface area contributed by atoms with Crippen LogP contribution in [-0.2, 0) is 4.79 Å². The predicted molar refractivity (Wildman–Crippen MR) is 94.3 cm³/mol. The number of carbonyl (C=O) groups is 2. The molecule has 1 amide bonds. The Morgan fingerprint density at radius 3 is 2.75 bits per heavy atom. The van der Waals surface area contributed by atoms with E-state index in [1.54, 1.807) is 29.3 Å². The number of nitrogens with one attached hydrogen (secondary N) is 1. The highest BCUT2D eigenvalue weighted by atomic mass is 16.2. The Morgan fingerprint density at radius 2 is 2.00 bits per heavy atom. The third kappa shape index (κ3) is 3.30. The Morgan fingerprint density at radius 1 is 1.21 bits per heavy atom. The maximum atomic E-state index is 12.9. The predicted octanol–water partition coefficient (Wildman–Crippen LogP) is 3.28. The summed E-state index contributed by atoms with van der Waals surface area (Å²) in [6, 6.07) is 12.4. The maximum absolute atomic E-state index is 12.9. The Hall–Kier alpha value is -2.69. The number of aromatic nitrogens is 1. The Labute approximate surface area is 141 Å². The van der Waals surface area contributed by atoms with Crippen molar-refractivity contribution in [2.45, 2.75) is 32.2 Å². The van der Waals surface area contributed by atoms with Crippen LogP contribution in [0, 0.1) is 0 Å². The van der Waals surface area contributed by atoms with E-state index >= 15 is 0 Å². The highest BCUT2D eigenvalue weighted by Gasteiger charge is 2.33. The molecule has 1 atom stereocenters. The van der Waals surface area contributed by atoms with Crippen LogP contribution in [-0.4, -0.2) is 29.3 Å². The molecular weight excluding hydrogens is 302 g/mol. The summed E-state index contributed by atoms with van der Waals surface area (Å²) < 4.78 is 0. The van der Waals surface area contributed by atoms with Crippen molar-refractivity contribution in [3.8, 4) is 0 Å². The van der Waals surface area contributed by atoms with Gasteiger partial charge >= 0.3 is 0 Å². The number of carbonyl (C=O) groups excluding carboxylic acids is 2. The van der Waals surface area contributed by atoms with E-state index in [9.17, 15) is 9.59 Å². The van der Waals surface area contributed by atoms with Gasteiger partial charge in [-0.3, -0.25) is 14.6 Å². The molecule has 0 fully saturated rings. The van der Waals surface area contributed by atoms with Gasteiger partial charge in [-0.25, -0.2) is 0 Å². The Bertz CT molecular complexity index is 730. The number of fused-ring (bicyclic) bond motifs is 1. The van der Waals surface area contributed by atoms with Crippen molar-refractivity contribution in [1.29, 1.82) is 0 Å². The number of rotatable bonds is 6. The van der Waals surface area contributed by atoms with Crippen LogP contribution in [0.4, 0.5) is 11.4 Å². The monoisotopic (exact) mass is 323 g/mol. The van der Waals surface area contributed by atoms with Crippen LogP contribution >= 0.6 is 0 Å². The van der Waals surface area contributed by atoms with E-state index in [-0.39, 0.29) is 18.1 Å². The quantitative estimate of drug-likeness (QED) is 0.829. The number of pyridine rings is 1. The van der Waals surface area contributed by atoms with Gasteiger partial charge < -0.3 is 10.2 Å². The van der Waals surface area contributed by atoms with E-state index in [0.717, 1.165) is 24.2 Å². The van der Waals surface area contributed by atoms with Crippen molar-refractivity contribution in [3.05, 3.63) is 54.4 Å². The number of Topliss-reactive ketones (excluding diaryl/α,β-unsaturated/α-hetero) is 1. The molecule has 1 N–H and O–H groups in total. The molecule has 124 valence electrons. The second-order valence-electron chi connectivity index (χ2n) is 5.90. The molecule has 0 aliphatic carbocycles. The molecule has 3 rings (SSSR count). The van der Waals surface area contributed by atoms with Gasteiger partial charge in [0, 0.05) is 19.2 Å². The lowest BCUT2D eigenvalue weighted by Crippen LogP contribution is -2.48. The second kappa shape index (κ2) is 7.25. The van der Waals surface area contributed by atoms with E-state index in [0.29, 0.717) is 12.2 Å². The van der Waals surface area contributed by atoms with Gasteiger partial charge in [0.1, 0.15) is 11.7 Å². The van der Waals surface area contributed by atoms with Crippen molar-refractivity contribution >= 4 is 23.1 Å². The van der Waals surface area contributed by atoms with Gasteiger partial charge in [-0.15, -0.1) is 0 Å². The van der Waals surface area contributed by atoms with Gasteiger partial charge in [-0.2, -0.15) is 0 Å². The number of anilines is 2. The molecule has 0 bridgehead atoms. The van der Waals surface area contributed by atoms with E-state index in [1.165, 1.54) is 0 Å². The van der Waals surface area contributed by atoms with Crippen LogP contribution in [0.3, 0.4) is 0 Å². The van der Waals surface area contributed by atoms with Gasteiger partial charge in [0.25, 0.3) is 0 Å². The lowest BCUT2D eigenvalue weighted by Gasteiger charge is -2.35. The van der Waals surface area contributed by atoms with Crippen molar-refractivity contribution < 1.29 is 9.59 Å². The standard InChI is InChI=1S/C19H21N3O2/c1-2-3-12-22-17-10-5-4-8-14(17)21-16(19(22)24)13-18(23)15-9-6-7-11-20-15/h4-11,16,21H,2-3,12-13H2,1H3. The van der Waals surface area contributed by atoms with E-state index < -0.39 is 6.04 Å². The molecule has 1 aromatic carbocycles. The molecule has 1 aromatic heterocycles. The molecule has 5 nitrogen and oxygen atoms in total. The normalized spacial score (nSPS) is 16.5. The average molecular weight is 323 g/mol. The minimum atomic E-state index is -0.550. The largest absolute Gasteiger partial charge is 0.372 e. The lowest BCUT2D eigenvalue weighted by molar-refractivity contribution is -0.119. The SMILES string of the molecule is CCCCN1C(=O)C(CC(=O)c2ccccn2)Nc2ccccc21. The van der Waals surface area contributed by atoms with Crippen molar-refractivity contribution in [3.63, 3.8) is 0 Å². The first-order valence-electron chi connectivity index (χ1n) is 8.32. The molecular formula is C19H21N3O2. The van der Waals surface area contributed by atoms with Crippen molar-refractivity contribution in [1.82, 2.24) is 4.98 Å². The number of amides is 1. The molecule has 0 spiro atoms. The summed E-state index contributed by atoms with van der Waals surface area (Å²) in [7, 11) is 0. The molecule has 5 heteroatoms. The lowest BCUT2D eigenvalue weighted by atomic mass is 10.0. The van der Waals surface area contributed by atoms with Gasteiger partial charge in [0.15, 0.2) is 5.78 Å². The highest BCUT2D eigenvalue weighted by Crippen LogP contribution is 2.32. The van der Waals surface area contributed by atoms with Crippen LogP contribution in [0.1, 0.15) is 36.7 Å². The van der Waals surface area contributed by atoms with Gasteiger partial charge in [0.05, 0.1) is 11.4 Å². The van der Waals surface area contributed by atoms with E-state index in [1.807, 2.05) is 24.3 Å². The number of ketones is 1. The van der Waals surface area contributed by atoms with Gasteiger partial charge in [-0.1, -0.05) is 31.5 Å². The summed E-state index contributed by atoms with van der Waals surface area (Å²) in [5, 5.41) is 3.21. The molecule has 1 unspecified atom stereocenters. The third-order valence-electron chi connectivity index (χ3n) is 4.16. The minimum absolute atomic E-state index is 0.0496. The topological polar surface area (TPSA) is 62.3 Å². The summed E-state index contributed by atoms with van der Waals surface area (Å²) in [5.41, 5.74) is 2.18. The Kier molecular flexibility index (Phi) is 4.89. The number of hydrogen-bond acceptors (Lipinski definition) is 4. The summed E-state index contributed by atoms with van der Waals surface area (Å²) in [6.07, 6.45) is 3.64. The molecule has 0 saturated carbocycles. The van der Waals surface area contributed by atoms with Crippen molar-refractivity contribution in [2.24, 2.45) is 0 Å². The first-order chi connectivity index (χ1) is 11.7. The molecule has 2 aromatic rings. The number of nitrogens with zero attached hydrogens (tertiary/aromatic N) is 2. The number of hydrogen-bond donors (Lipinski definition) is 1. The number of unbranched alkanes of at least 4 members (excludes halogenated alkanes) is 1. The number of para-hydroxylation sites is 2. The van der Waals surface area contributed by atoms with E-state index in [4.69, 9.17) is 0 Å². The highest BCUT2D eigenvalue weighted by molar-refractivity contribution is 6.08. The van der Waals surface area contributed by atoms with Gasteiger partial charge in [-0.05, 0) is 30.7 Å². The van der Waals surface area contributed by atoms with Crippen LogP contribution in [0.25, 0.3) is 0 Å². The zero-order valence-corrected chi connectivity index (χ0v) is 13.7. The van der Waals surface area contributed by atoms with Crippen LogP contribution in [0.15, 0.2) is 48.7 Å². The second-order valence-corrected chi connectivity index (χ2v) is 5.90. The summed E-state index contributed by atoms with van der Waals surface area (Å²) in [6.45, 7) is 2.77. The fourth-order valence-corrected chi connectivity index (χ4v) is 2.89. The minimum Gasteiger partial charge on any atom is -0.372 e. The smallest absolute Gasteiger partial charge is 0.250 e. The zero-order valence-electron chi connectivity index (χ0n) is 13.7. The van der Waals surface area contributed by atoms with E-state index in [2.05, 4.69) is 17.2 Å². The van der Waals surface area contributed by atoms with Crippen LogP contribution in [0.5, 0.6) is 0 Å². The fourth-order valence-electron chi connectivity index (χ4n) is 2.89. The molecule has 24 heavy (non-hydrogen) atoms. The molecule has 1 aliphatic rings. The van der Waals surface area contributed by atoms with Crippen LogP contribution < -0.4 is 10.2 Å².